The molecule has 5 nitrogen and oxygen atoms in total. The molecule has 0 radical (unpaired) electrons. The number of H-pyrrole nitrogens is 1. The predicted molar refractivity (Wildman–Crippen MR) is 85.2 cm³/mol. The molecule has 3 aromatic rings. The van der Waals surface area contributed by atoms with Crippen molar-refractivity contribution in [2.24, 2.45) is 0 Å². The summed E-state index contributed by atoms with van der Waals surface area (Å²) < 4.78 is 1.72. The SMILES string of the molecule is CCCSc1nc2c(cnn2-c2cccc(C)c2)c(=O)[nH]1. The summed E-state index contributed by atoms with van der Waals surface area (Å²) in [5.74, 6) is 0.924. The van der Waals surface area contributed by atoms with E-state index < -0.39 is 0 Å². The van der Waals surface area contributed by atoms with E-state index >= 15 is 0 Å². The van der Waals surface area contributed by atoms with Gasteiger partial charge in [0.2, 0.25) is 0 Å². The van der Waals surface area contributed by atoms with Crippen molar-refractivity contribution in [1.82, 2.24) is 19.7 Å². The molecule has 2 heterocycles. The highest BCUT2D eigenvalue weighted by molar-refractivity contribution is 7.99. The second kappa shape index (κ2) is 5.73. The first-order valence-corrected chi connectivity index (χ1v) is 7.85. The fourth-order valence-corrected chi connectivity index (χ4v) is 2.83. The Morgan fingerprint density at radius 3 is 3.00 bits per heavy atom. The van der Waals surface area contributed by atoms with E-state index in [0.29, 0.717) is 16.2 Å². The molecule has 2 aromatic heterocycles. The van der Waals surface area contributed by atoms with Crippen molar-refractivity contribution >= 4 is 22.8 Å². The molecule has 3 rings (SSSR count). The van der Waals surface area contributed by atoms with Crippen molar-refractivity contribution in [2.75, 3.05) is 5.75 Å². The van der Waals surface area contributed by atoms with Crippen LogP contribution in [0.25, 0.3) is 16.7 Å². The molecule has 0 amide bonds. The second-order valence-electron chi connectivity index (χ2n) is 4.85. The van der Waals surface area contributed by atoms with Gasteiger partial charge in [-0.1, -0.05) is 30.8 Å². The molecule has 0 aliphatic heterocycles. The Morgan fingerprint density at radius 2 is 2.24 bits per heavy atom. The van der Waals surface area contributed by atoms with Gasteiger partial charge in [-0.3, -0.25) is 4.79 Å². The Kier molecular flexibility index (Phi) is 3.79. The molecule has 0 saturated heterocycles. The number of hydrogen-bond acceptors (Lipinski definition) is 4. The van der Waals surface area contributed by atoms with E-state index in [1.54, 1.807) is 22.6 Å². The highest BCUT2D eigenvalue weighted by Gasteiger charge is 2.11. The van der Waals surface area contributed by atoms with Gasteiger partial charge in [0.1, 0.15) is 5.39 Å². The van der Waals surface area contributed by atoms with Crippen molar-refractivity contribution in [2.45, 2.75) is 25.4 Å². The van der Waals surface area contributed by atoms with E-state index in [0.717, 1.165) is 23.4 Å². The van der Waals surface area contributed by atoms with Crippen LogP contribution < -0.4 is 5.56 Å². The number of benzene rings is 1. The number of hydrogen-bond donors (Lipinski definition) is 1. The summed E-state index contributed by atoms with van der Waals surface area (Å²) in [6.45, 7) is 4.12. The summed E-state index contributed by atoms with van der Waals surface area (Å²) in [4.78, 5) is 19.5. The van der Waals surface area contributed by atoms with E-state index in [9.17, 15) is 4.79 Å². The maximum absolute atomic E-state index is 12.1. The summed E-state index contributed by atoms with van der Waals surface area (Å²) in [5, 5.41) is 5.47. The molecule has 1 aromatic carbocycles. The van der Waals surface area contributed by atoms with Crippen molar-refractivity contribution < 1.29 is 0 Å². The fourth-order valence-electron chi connectivity index (χ4n) is 2.11. The second-order valence-corrected chi connectivity index (χ2v) is 5.94. The normalized spacial score (nSPS) is 11.1. The molecule has 1 N–H and O–H groups in total. The van der Waals surface area contributed by atoms with Gasteiger partial charge in [-0.15, -0.1) is 0 Å². The van der Waals surface area contributed by atoms with Crippen LogP contribution in [0.15, 0.2) is 40.4 Å². The van der Waals surface area contributed by atoms with Crippen LogP contribution in [-0.4, -0.2) is 25.5 Å². The highest BCUT2D eigenvalue weighted by Crippen LogP contribution is 2.18. The lowest BCUT2D eigenvalue weighted by molar-refractivity contribution is 0.871. The Bertz CT molecular complexity index is 837. The lowest BCUT2D eigenvalue weighted by Gasteiger charge is -2.05. The maximum atomic E-state index is 12.1. The van der Waals surface area contributed by atoms with E-state index in [1.165, 1.54) is 0 Å². The molecule has 0 spiro atoms. The van der Waals surface area contributed by atoms with Gasteiger partial charge in [-0.2, -0.15) is 5.10 Å². The molecule has 0 fully saturated rings. The van der Waals surface area contributed by atoms with Crippen molar-refractivity contribution in [3.63, 3.8) is 0 Å². The van der Waals surface area contributed by atoms with E-state index in [-0.39, 0.29) is 5.56 Å². The van der Waals surface area contributed by atoms with Crippen molar-refractivity contribution in [3.8, 4) is 5.69 Å². The first-order valence-electron chi connectivity index (χ1n) is 6.87. The molecule has 6 heteroatoms. The van der Waals surface area contributed by atoms with Crippen LogP contribution in [0.4, 0.5) is 0 Å². The molecular weight excluding hydrogens is 284 g/mol. The van der Waals surface area contributed by atoms with Crippen LogP contribution in [-0.2, 0) is 0 Å². The van der Waals surface area contributed by atoms with Gasteiger partial charge in [0.15, 0.2) is 10.8 Å². The topological polar surface area (TPSA) is 63.6 Å². The van der Waals surface area contributed by atoms with Crippen LogP contribution >= 0.6 is 11.8 Å². The first-order chi connectivity index (χ1) is 10.2. The Hall–Kier alpha value is -2.08. The number of aromatic amines is 1. The Morgan fingerprint density at radius 1 is 1.38 bits per heavy atom. The molecule has 0 atom stereocenters. The van der Waals surface area contributed by atoms with Gasteiger partial charge in [0.25, 0.3) is 5.56 Å². The third-order valence-electron chi connectivity index (χ3n) is 3.11. The number of fused-ring (bicyclic) bond motifs is 1. The molecule has 0 unspecified atom stereocenters. The monoisotopic (exact) mass is 300 g/mol. The third-order valence-corrected chi connectivity index (χ3v) is 4.18. The predicted octanol–water partition coefficient (Wildman–Crippen LogP) is 2.92. The molecular formula is C15H16N4OS. The highest BCUT2D eigenvalue weighted by atomic mass is 32.2. The van der Waals surface area contributed by atoms with E-state index in [2.05, 4.69) is 22.0 Å². The van der Waals surface area contributed by atoms with Crippen LogP contribution in [0.5, 0.6) is 0 Å². The maximum Gasteiger partial charge on any atom is 0.262 e. The lowest BCUT2D eigenvalue weighted by atomic mass is 10.2. The molecule has 21 heavy (non-hydrogen) atoms. The number of nitrogens with one attached hydrogen (secondary N) is 1. The summed E-state index contributed by atoms with van der Waals surface area (Å²) in [5.41, 5.74) is 2.51. The minimum atomic E-state index is -0.141. The smallest absolute Gasteiger partial charge is 0.262 e. The van der Waals surface area contributed by atoms with E-state index in [1.807, 2.05) is 31.2 Å². The standard InChI is InChI=1S/C15H16N4OS/c1-3-7-21-15-17-13-12(14(20)18-15)9-16-19(13)11-6-4-5-10(2)8-11/h4-6,8-9H,3,7H2,1-2H3,(H,17,18,20). The van der Waals surface area contributed by atoms with Gasteiger partial charge < -0.3 is 4.98 Å². The van der Waals surface area contributed by atoms with Gasteiger partial charge in [0, 0.05) is 5.75 Å². The summed E-state index contributed by atoms with van der Waals surface area (Å²) in [6.07, 6.45) is 2.60. The lowest BCUT2D eigenvalue weighted by Crippen LogP contribution is -2.09. The Labute approximate surface area is 126 Å². The number of aromatic nitrogens is 4. The number of thioether (sulfide) groups is 1. The average Bonchev–Trinajstić information content (AvgIpc) is 2.89. The van der Waals surface area contributed by atoms with Gasteiger partial charge in [0.05, 0.1) is 11.9 Å². The van der Waals surface area contributed by atoms with Crippen LogP contribution in [0.3, 0.4) is 0 Å². The zero-order chi connectivity index (χ0) is 14.8. The number of rotatable bonds is 4. The largest absolute Gasteiger partial charge is 0.301 e. The average molecular weight is 300 g/mol. The van der Waals surface area contributed by atoms with Gasteiger partial charge in [-0.05, 0) is 31.0 Å². The van der Waals surface area contributed by atoms with E-state index in [4.69, 9.17) is 0 Å². The summed E-state index contributed by atoms with van der Waals surface area (Å²) in [7, 11) is 0. The van der Waals surface area contributed by atoms with Gasteiger partial charge in [-0.25, -0.2) is 9.67 Å². The number of nitrogens with zero attached hydrogens (tertiary/aromatic N) is 3. The van der Waals surface area contributed by atoms with Crippen LogP contribution in [0, 0.1) is 6.92 Å². The minimum absolute atomic E-state index is 0.141. The summed E-state index contributed by atoms with van der Waals surface area (Å²) in [6, 6.07) is 7.98. The minimum Gasteiger partial charge on any atom is -0.301 e. The van der Waals surface area contributed by atoms with Gasteiger partial charge >= 0.3 is 0 Å². The van der Waals surface area contributed by atoms with Crippen LogP contribution in [0.2, 0.25) is 0 Å². The first kappa shape index (κ1) is 13.9. The third kappa shape index (κ3) is 2.71. The van der Waals surface area contributed by atoms with Crippen molar-refractivity contribution in [1.29, 1.82) is 0 Å². The summed E-state index contributed by atoms with van der Waals surface area (Å²) >= 11 is 1.55. The Balaban J connectivity index is 2.16. The molecule has 0 aliphatic rings. The zero-order valence-corrected chi connectivity index (χ0v) is 12.8. The number of aryl methyl sites for hydroxylation is 1. The molecule has 0 aliphatic carbocycles. The van der Waals surface area contributed by atoms with Crippen molar-refractivity contribution in [3.05, 3.63) is 46.4 Å². The quantitative estimate of drug-likeness (QED) is 0.594. The molecule has 0 bridgehead atoms. The molecule has 0 saturated carbocycles. The fraction of sp³-hybridized carbons (Fsp3) is 0.267. The zero-order valence-electron chi connectivity index (χ0n) is 12.0. The van der Waals surface area contributed by atoms with Crippen LogP contribution in [0.1, 0.15) is 18.9 Å². The molecule has 108 valence electrons.